The van der Waals surface area contributed by atoms with Gasteiger partial charge in [0, 0.05) is 5.69 Å². The number of hydrogen-bond acceptors (Lipinski definition) is 5. The Balaban J connectivity index is 1.88. The van der Waals surface area contributed by atoms with Crippen LogP contribution in [0.25, 0.3) is 0 Å². The Kier molecular flexibility index (Phi) is 7.31. The fourth-order valence-corrected chi connectivity index (χ4v) is 2.10. The summed E-state index contributed by atoms with van der Waals surface area (Å²) in [6.45, 7) is 5.09. The Labute approximate surface area is 147 Å². The summed E-state index contributed by atoms with van der Waals surface area (Å²) in [7, 11) is 0. The van der Waals surface area contributed by atoms with Gasteiger partial charge < -0.3 is 14.8 Å². The van der Waals surface area contributed by atoms with Crippen LogP contribution >= 0.6 is 0 Å². The molecule has 0 unspecified atom stereocenters. The van der Waals surface area contributed by atoms with E-state index in [0.717, 1.165) is 11.3 Å². The highest BCUT2D eigenvalue weighted by Crippen LogP contribution is 2.27. The molecule has 6 nitrogen and oxygen atoms in total. The van der Waals surface area contributed by atoms with E-state index in [1.54, 1.807) is 6.21 Å². The number of carbonyl (C=O) groups is 1. The lowest BCUT2D eigenvalue weighted by Crippen LogP contribution is -2.25. The number of rotatable bonds is 9. The highest BCUT2D eigenvalue weighted by molar-refractivity contribution is 5.84. The molecule has 0 atom stereocenters. The number of amides is 1. The van der Waals surface area contributed by atoms with Gasteiger partial charge in [0.15, 0.2) is 11.5 Å². The Hall–Kier alpha value is -3.02. The third-order valence-electron chi connectivity index (χ3n) is 3.20. The molecular formula is C19H23N3O3. The zero-order valence-corrected chi connectivity index (χ0v) is 14.5. The smallest absolute Gasteiger partial charge is 0.259 e. The molecule has 1 amide bonds. The van der Waals surface area contributed by atoms with Gasteiger partial charge in [0.05, 0.1) is 26.0 Å². The molecule has 0 saturated heterocycles. The standard InChI is InChI=1S/C19H23N3O3/c1-3-24-17-11-10-15(12-18(17)25-4-2)13-21-22-19(23)14-20-16-8-6-5-7-9-16/h5-13,20H,3-4,14H2,1-2H3,(H,22,23)/b21-13-. The van der Waals surface area contributed by atoms with Gasteiger partial charge in [-0.1, -0.05) is 18.2 Å². The van der Waals surface area contributed by atoms with Gasteiger partial charge in [0.1, 0.15) is 0 Å². The molecule has 2 N–H and O–H groups in total. The molecular weight excluding hydrogens is 318 g/mol. The molecule has 0 fully saturated rings. The minimum Gasteiger partial charge on any atom is -0.490 e. The number of hydrogen-bond donors (Lipinski definition) is 2. The molecule has 2 rings (SSSR count). The summed E-state index contributed by atoms with van der Waals surface area (Å²) in [5.74, 6) is 1.12. The topological polar surface area (TPSA) is 72.0 Å². The summed E-state index contributed by atoms with van der Waals surface area (Å²) in [4.78, 5) is 11.8. The summed E-state index contributed by atoms with van der Waals surface area (Å²) < 4.78 is 11.1. The van der Waals surface area contributed by atoms with Crippen molar-refractivity contribution in [2.75, 3.05) is 25.1 Å². The molecule has 2 aromatic carbocycles. The van der Waals surface area contributed by atoms with Gasteiger partial charge in [-0.2, -0.15) is 5.10 Å². The van der Waals surface area contributed by atoms with Crippen molar-refractivity contribution in [3.05, 3.63) is 54.1 Å². The van der Waals surface area contributed by atoms with Crippen LogP contribution in [0.5, 0.6) is 11.5 Å². The van der Waals surface area contributed by atoms with E-state index in [9.17, 15) is 4.79 Å². The van der Waals surface area contributed by atoms with Crippen LogP contribution in [0.2, 0.25) is 0 Å². The Morgan fingerprint density at radius 1 is 1.04 bits per heavy atom. The summed E-state index contributed by atoms with van der Waals surface area (Å²) in [5.41, 5.74) is 4.18. The number of hydrazone groups is 1. The minimum atomic E-state index is -0.226. The Morgan fingerprint density at radius 2 is 1.76 bits per heavy atom. The molecule has 0 aromatic heterocycles. The van der Waals surface area contributed by atoms with Gasteiger partial charge in [0.25, 0.3) is 5.91 Å². The quantitative estimate of drug-likeness (QED) is 0.543. The number of benzene rings is 2. The average Bonchev–Trinajstić information content (AvgIpc) is 2.63. The van der Waals surface area contributed by atoms with Crippen molar-refractivity contribution < 1.29 is 14.3 Å². The maximum absolute atomic E-state index is 11.8. The second kappa shape index (κ2) is 9.97. The molecule has 0 heterocycles. The monoisotopic (exact) mass is 341 g/mol. The lowest BCUT2D eigenvalue weighted by atomic mass is 10.2. The Morgan fingerprint density at radius 3 is 2.48 bits per heavy atom. The number of nitrogens with zero attached hydrogens (tertiary/aromatic N) is 1. The summed E-state index contributed by atoms with van der Waals surface area (Å²) in [5, 5.41) is 6.99. The summed E-state index contributed by atoms with van der Waals surface area (Å²) >= 11 is 0. The normalized spacial score (nSPS) is 10.5. The zero-order chi connectivity index (χ0) is 17.9. The van der Waals surface area contributed by atoms with E-state index < -0.39 is 0 Å². The van der Waals surface area contributed by atoms with Crippen molar-refractivity contribution in [2.24, 2.45) is 5.10 Å². The van der Waals surface area contributed by atoms with Crippen molar-refractivity contribution in [3.8, 4) is 11.5 Å². The van der Waals surface area contributed by atoms with E-state index in [1.165, 1.54) is 0 Å². The molecule has 0 bridgehead atoms. The largest absolute Gasteiger partial charge is 0.490 e. The molecule has 2 aromatic rings. The van der Waals surface area contributed by atoms with Crippen LogP contribution in [0, 0.1) is 0 Å². The SMILES string of the molecule is CCOc1ccc(/C=N\NC(=O)CNc2ccccc2)cc1OCC. The van der Waals surface area contributed by atoms with Crippen molar-refractivity contribution in [3.63, 3.8) is 0 Å². The number of carbonyl (C=O) groups excluding carboxylic acids is 1. The summed E-state index contributed by atoms with van der Waals surface area (Å²) in [6.07, 6.45) is 1.57. The molecule has 6 heteroatoms. The molecule has 0 saturated carbocycles. The number of para-hydroxylation sites is 1. The predicted molar refractivity (Wildman–Crippen MR) is 99.4 cm³/mol. The lowest BCUT2D eigenvalue weighted by molar-refractivity contribution is -0.119. The fraction of sp³-hybridized carbons (Fsp3) is 0.263. The van der Waals surface area contributed by atoms with Crippen molar-refractivity contribution >= 4 is 17.8 Å². The maximum atomic E-state index is 11.8. The first-order valence-corrected chi connectivity index (χ1v) is 8.23. The van der Waals surface area contributed by atoms with Crippen LogP contribution < -0.4 is 20.2 Å². The predicted octanol–water partition coefficient (Wildman–Crippen LogP) is 3.05. The average molecular weight is 341 g/mol. The highest BCUT2D eigenvalue weighted by atomic mass is 16.5. The lowest BCUT2D eigenvalue weighted by Gasteiger charge is -2.11. The van der Waals surface area contributed by atoms with E-state index in [2.05, 4.69) is 15.8 Å². The molecule has 0 aliphatic carbocycles. The molecule has 132 valence electrons. The van der Waals surface area contributed by atoms with Crippen molar-refractivity contribution in [1.82, 2.24) is 5.43 Å². The van der Waals surface area contributed by atoms with E-state index in [-0.39, 0.29) is 12.5 Å². The van der Waals surface area contributed by atoms with Gasteiger partial charge in [-0.05, 0) is 49.7 Å². The fourth-order valence-electron chi connectivity index (χ4n) is 2.10. The van der Waals surface area contributed by atoms with Crippen LogP contribution in [-0.2, 0) is 4.79 Å². The maximum Gasteiger partial charge on any atom is 0.259 e. The van der Waals surface area contributed by atoms with E-state index >= 15 is 0 Å². The third kappa shape index (κ3) is 6.18. The van der Waals surface area contributed by atoms with E-state index in [4.69, 9.17) is 9.47 Å². The van der Waals surface area contributed by atoms with Crippen molar-refractivity contribution in [2.45, 2.75) is 13.8 Å². The summed E-state index contributed by atoms with van der Waals surface area (Å²) in [6, 6.07) is 15.0. The molecule has 0 spiro atoms. The van der Waals surface area contributed by atoms with Gasteiger partial charge in [-0.25, -0.2) is 5.43 Å². The van der Waals surface area contributed by atoms with Crippen LogP contribution in [0.1, 0.15) is 19.4 Å². The number of ether oxygens (including phenoxy) is 2. The minimum absolute atomic E-state index is 0.148. The van der Waals surface area contributed by atoms with Gasteiger partial charge >= 0.3 is 0 Å². The van der Waals surface area contributed by atoms with Crippen LogP contribution in [-0.4, -0.2) is 31.9 Å². The van der Waals surface area contributed by atoms with Gasteiger partial charge in [-0.15, -0.1) is 0 Å². The van der Waals surface area contributed by atoms with Crippen molar-refractivity contribution in [1.29, 1.82) is 0 Å². The van der Waals surface area contributed by atoms with Crippen LogP contribution in [0.3, 0.4) is 0 Å². The van der Waals surface area contributed by atoms with Gasteiger partial charge in [-0.3, -0.25) is 4.79 Å². The zero-order valence-electron chi connectivity index (χ0n) is 14.5. The van der Waals surface area contributed by atoms with E-state index in [0.29, 0.717) is 24.7 Å². The van der Waals surface area contributed by atoms with Gasteiger partial charge in [0.2, 0.25) is 0 Å². The molecule has 0 aliphatic rings. The third-order valence-corrected chi connectivity index (χ3v) is 3.20. The van der Waals surface area contributed by atoms with Crippen LogP contribution in [0.4, 0.5) is 5.69 Å². The van der Waals surface area contributed by atoms with Crippen LogP contribution in [0.15, 0.2) is 53.6 Å². The molecule has 0 radical (unpaired) electrons. The second-order valence-electron chi connectivity index (χ2n) is 5.08. The highest BCUT2D eigenvalue weighted by Gasteiger charge is 2.05. The first-order valence-electron chi connectivity index (χ1n) is 8.23. The van der Waals surface area contributed by atoms with E-state index in [1.807, 2.05) is 62.4 Å². The second-order valence-corrected chi connectivity index (χ2v) is 5.08. The first-order chi connectivity index (χ1) is 12.2. The first kappa shape index (κ1) is 18.3. The number of nitrogens with one attached hydrogen (secondary N) is 2. The Bertz CT molecular complexity index is 702. The molecule has 0 aliphatic heterocycles. The molecule has 25 heavy (non-hydrogen) atoms. The number of anilines is 1.